The third-order valence-corrected chi connectivity index (χ3v) is 6.34. The van der Waals surface area contributed by atoms with Gasteiger partial charge < -0.3 is 9.64 Å². The van der Waals surface area contributed by atoms with Crippen molar-refractivity contribution in [3.63, 3.8) is 0 Å². The first-order chi connectivity index (χ1) is 10.6. The minimum Gasteiger partial charge on any atom is -0.488 e. The molecule has 2 aliphatic heterocycles. The number of amides is 1. The van der Waals surface area contributed by atoms with Gasteiger partial charge in [0.1, 0.15) is 17.7 Å². The molecular formula is C18H20FNO2. The molecule has 0 radical (unpaired) electrons. The van der Waals surface area contributed by atoms with E-state index in [4.69, 9.17) is 4.74 Å². The average molecular weight is 301 g/mol. The highest BCUT2D eigenvalue weighted by Crippen LogP contribution is 2.56. The predicted molar refractivity (Wildman–Crippen MR) is 78.9 cm³/mol. The molecule has 5 rings (SSSR count). The zero-order valence-corrected chi connectivity index (χ0v) is 12.6. The molecule has 1 saturated heterocycles. The second-order valence-electron chi connectivity index (χ2n) is 7.56. The SMILES string of the molecule is O=C(N1C[C@@H]2C[C@H]1c1cc(F)ccc1O2)C12CCC(CC1)C2. The molecule has 3 nitrogen and oxygen atoms in total. The zero-order chi connectivity index (χ0) is 14.9. The molecule has 116 valence electrons. The second kappa shape index (κ2) is 4.24. The number of hydrogen-bond donors (Lipinski definition) is 0. The van der Waals surface area contributed by atoms with Crippen LogP contribution in [0.4, 0.5) is 4.39 Å². The van der Waals surface area contributed by atoms with Crippen LogP contribution in [-0.4, -0.2) is 23.5 Å². The van der Waals surface area contributed by atoms with Crippen molar-refractivity contribution in [2.75, 3.05) is 6.54 Å². The van der Waals surface area contributed by atoms with Crippen LogP contribution in [0.1, 0.15) is 50.1 Å². The molecule has 1 aromatic carbocycles. The van der Waals surface area contributed by atoms with Gasteiger partial charge in [-0.25, -0.2) is 4.39 Å². The maximum atomic E-state index is 13.6. The van der Waals surface area contributed by atoms with E-state index in [1.54, 1.807) is 12.1 Å². The van der Waals surface area contributed by atoms with Gasteiger partial charge in [0, 0.05) is 17.4 Å². The lowest BCUT2D eigenvalue weighted by molar-refractivity contribution is -0.142. The fourth-order valence-electron chi connectivity index (χ4n) is 5.27. The molecule has 2 aliphatic carbocycles. The molecule has 0 N–H and O–H groups in total. The molecule has 1 amide bonds. The first-order valence-electron chi connectivity index (χ1n) is 8.42. The molecule has 0 spiro atoms. The van der Waals surface area contributed by atoms with Crippen LogP contribution in [0.15, 0.2) is 18.2 Å². The number of rotatable bonds is 1. The fraction of sp³-hybridized carbons (Fsp3) is 0.611. The van der Waals surface area contributed by atoms with Gasteiger partial charge in [-0.2, -0.15) is 0 Å². The maximum Gasteiger partial charge on any atom is 0.229 e. The van der Waals surface area contributed by atoms with Crippen molar-refractivity contribution in [3.8, 4) is 5.75 Å². The number of likely N-dealkylation sites (tertiary alicyclic amines) is 1. The maximum absolute atomic E-state index is 13.6. The summed E-state index contributed by atoms with van der Waals surface area (Å²) in [5, 5.41) is 0. The summed E-state index contributed by atoms with van der Waals surface area (Å²) >= 11 is 0. The number of fused-ring (bicyclic) bond motifs is 6. The highest BCUT2D eigenvalue weighted by atomic mass is 19.1. The first kappa shape index (κ1) is 12.9. The Morgan fingerprint density at radius 2 is 2.14 bits per heavy atom. The topological polar surface area (TPSA) is 29.5 Å². The van der Waals surface area contributed by atoms with Crippen LogP contribution in [0.5, 0.6) is 5.75 Å². The molecule has 22 heavy (non-hydrogen) atoms. The van der Waals surface area contributed by atoms with E-state index in [9.17, 15) is 9.18 Å². The van der Waals surface area contributed by atoms with Crippen molar-refractivity contribution in [2.45, 2.75) is 50.7 Å². The molecular weight excluding hydrogens is 281 g/mol. The summed E-state index contributed by atoms with van der Waals surface area (Å²) in [6, 6.07) is 4.70. The van der Waals surface area contributed by atoms with Crippen LogP contribution in [0, 0.1) is 17.2 Å². The zero-order valence-electron chi connectivity index (χ0n) is 12.6. The Balaban J connectivity index is 1.51. The van der Waals surface area contributed by atoms with Crippen LogP contribution in [0.3, 0.4) is 0 Å². The quantitative estimate of drug-likeness (QED) is 0.795. The van der Waals surface area contributed by atoms with Crippen LogP contribution in [0.25, 0.3) is 0 Å². The average Bonchev–Trinajstić information content (AvgIpc) is 3.22. The molecule has 3 fully saturated rings. The van der Waals surface area contributed by atoms with E-state index < -0.39 is 0 Å². The summed E-state index contributed by atoms with van der Waals surface area (Å²) in [6.07, 6.45) is 6.44. The van der Waals surface area contributed by atoms with E-state index in [-0.39, 0.29) is 23.4 Å². The van der Waals surface area contributed by atoms with Crippen molar-refractivity contribution in [1.82, 2.24) is 4.90 Å². The number of benzene rings is 1. The van der Waals surface area contributed by atoms with E-state index in [0.29, 0.717) is 12.5 Å². The van der Waals surface area contributed by atoms with Gasteiger partial charge in [-0.15, -0.1) is 0 Å². The van der Waals surface area contributed by atoms with Gasteiger partial charge in [0.05, 0.1) is 12.6 Å². The van der Waals surface area contributed by atoms with Gasteiger partial charge in [0.25, 0.3) is 0 Å². The van der Waals surface area contributed by atoms with Crippen LogP contribution in [-0.2, 0) is 4.79 Å². The lowest BCUT2D eigenvalue weighted by Crippen LogP contribution is -2.41. The fourth-order valence-corrected chi connectivity index (χ4v) is 5.27. The Kier molecular flexibility index (Phi) is 2.49. The molecule has 4 aliphatic rings. The Hall–Kier alpha value is -1.58. The van der Waals surface area contributed by atoms with E-state index in [0.717, 1.165) is 42.9 Å². The van der Waals surface area contributed by atoms with Crippen molar-refractivity contribution in [1.29, 1.82) is 0 Å². The second-order valence-corrected chi connectivity index (χ2v) is 7.56. The van der Waals surface area contributed by atoms with Crippen molar-refractivity contribution in [2.24, 2.45) is 11.3 Å². The largest absolute Gasteiger partial charge is 0.488 e. The Bertz CT molecular complexity index is 650. The molecule has 2 saturated carbocycles. The van der Waals surface area contributed by atoms with Gasteiger partial charge in [0.2, 0.25) is 5.91 Å². The minimum absolute atomic E-state index is 0.00553. The number of carbonyl (C=O) groups is 1. The lowest BCUT2D eigenvalue weighted by atomic mass is 9.82. The van der Waals surface area contributed by atoms with E-state index in [2.05, 4.69) is 0 Å². The summed E-state index contributed by atoms with van der Waals surface area (Å²) < 4.78 is 19.6. The first-order valence-corrected chi connectivity index (χ1v) is 8.42. The molecule has 0 aromatic heterocycles. The summed E-state index contributed by atoms with van der Waals surface area (Å²) in [6.45, 7) is 0.659. The van der Waals surface area contributed by atoms with Crippen LogP contribution < -0.4 is 4.74 Å². The lowest BCUT2D eigenvalue weighted by Gasteiger charge is -2.34. The highest BCUT2D eigenvalue weighted by molar-refractivity contribution is 5.84. The molecule has 4 bridgehead atoms. The standard InChI is InChI=1S/C18H20FNO2/c19-12-1-2-16-14(7-12)15-8-13(22-16)10-20(15)17(21)18-5-3-11(9-18)4-6-18/h1-2,7,11,13,15H,3-6,8-10H2/t11?,13-,15-,18?/m0/s1. The van der Waals surface area contributed by atoms with E-state index in [1.807, 2.05) is 4.90 Å². The number of hydrogen-bond acceptors (Lipinski definition) is 2. The monoisotopic (exact) mass is 301 g/mol. The van der Waals surface area contributed by atoms with Crippen molar-refractivity contribution >= 4 is 5.91 Å². The third-order valence-electron chi connectivity index (χ3n) is 6.34. The normalized spacial score (nSPS) is 38.0. The van der Waals surface area contributed by atoms with Crippen molar-refractivity contribution in [3.05, 3.63) is 29.6 Å². The van der Waals surface area contributed by atoms with Crippen molar-refractivity contribution < 1.29 is 13.9 Å². The van der Waals surface area contributed by atoms with E-state index >= 15 is 0 Å². The number of ether oxygens (including phenoxy) is 1. The van der Waals surface area contributed by atoms with Crippen LogP contribution >= 0.6 is 0 Å². The molecule has 1 aromatic rings. The number of carbonyl (C=O) groups excluding carboxylic acids is 1. The smallest absolute Gasteiger partial charge is 0.229 e. The highest BCUT2D eigenvalue weighted by Gasteiger charge is 2.54. The molecule has 4 heteroatoms. The predicted octanol–water partition coefficient (Wildman–Crippen LogP) is 3.44. The van der Waals surface area contributed by atoms with Gasteiger partial charge in [-0.05, 0) is 56.2 Å². The molecule has 0 unspecified atom stereocenters. The molecule has 2 atom stereocenters. The number of halogens is 1. The number of nitrogens with zero attached hydrogens (tertiary/aromatic N) is 1. The Morgan fingerprint density at radius 1 is 1.32 bits per heavy atom. The summed E-state index contributed by atoms with van der Waals surface area (Å²) in [7, 11) is 0. The van der Waals surface area contributed by atoms with Gasteiger partial charge in [-0.3, -0.25) is 4.79 Å². The van der Waals surface area contributed by atoms with Crippen LogP contribution in [0.2, 0.25) is 0 Å². The minimum atomic E-state index is -0.250. The van der Waals surface area contributed by atoms with Gasteiger partial charge >= 0.3 is 0 Å². The Morgan fingerprint density at radius 3 is 2.86 bits per heavy atom. The van der Waals surface area contributed by atoms with Gasteiger partial charge in [-0.1, -0.05) is 0 Å². The summed E-state index contributed by atoms with van der Waals surface area (Å²) in [5.74, 6) is 1.57. The summed E-state index contributed by atoms with van der Waals surface area (Å²) in [4.78, 5) is 15.2. The van der Waals surface area contributed by atoms with E-state index in [1.165, 1.54) is 18.9 Å². The summed E-state index contributed by atoms with van der Waals surface area (Å²) in [5.41, 5.74) is 0.737. The Labute approximate surface area is 129 Å². The molecule has 2 heterocycles. The third kappa shape index (κ3) is 1.64. The van der Waals surface area contributed by atoms with Gasteiger partial charge in [0.15, 0.2) is 0 Å².